The zero-order valence-corrected chi connectivity index (χ0v) is 13.7. The summed E-state index contributed by atoms with van der Waals surface area (Å²) in [4.78, 5) is 11.8. The largest absolute Gasteiger partial charge is 0.497 e. The van der Waals surface area contributed by atoms with Gasteiger partial charge in [0.2, 0.25) is 5.91 Å². The molecule has 0 bridgehead atoms. The molecule has 1 atom stereocenters. The summed E-state index contributed by atoms with van der Waals surface area (Å²) < 4.78 is 5.16. The Morgan fingerprint density at radius 3 is 2.17 bits per heavy atom. The highest BCUT2D eigenvalue weighted by molar-refractivity contribution is 5.81. The van der Waals surface area contributed by atoms with E-state index in [0.29, 0.717) is 13.0 Å². The van der Waals surface area contributed by atoms with Crippen LogP contribution in [0.25, 0.3) is 11.1 Å². The number of nitrogens with two attached hydrogens (primary N) is 1. The van der Waals surface area contributed by atoms with Crippen molar-refractivity contribution < 1.29 is 9.53 Å². The Hall–Kier alpha value is -2.33. The van der Waals surface area contributed by atoms with Crippen LogP contribution in [0.15, 0.2) is 48.5 Å². The Bertz CT molecular complexity index is 621. The average molecular weight is 312 g/mol. The minimum atomic E-state index is -0.418. The third kappa shape index (κ3) is 4.83. The van der Waals surface area contributed by atoms with E-state index < -0.39 is 6.04 Å². The number of rotatable bonds is 7. The molecule has 0 radical (unpaired) electrons. The average Bonchev–Trinajstić information content (AvgIpc) is 2.60. The molecule has 3 N–H and O–H groups in total. The van der Waals surface area contributed by atoms with Crippen molar-refractivity contribution in [2.24, 2.45) is 5.73 Å². The SMILES string of the molecule is CCCC(N)C(=O)NCc1ccc(-c2ccc(OC)cc2)cc1. The lowest BCUT2D eigenvalue weighted by atomic mass is 10.0. The van der Waals surface area contributed by atoms with Gasteiger partial charge in [0.25, 0.3) is 0 Å². The lowest BCUT2D eigenvalue weighted by Crippen LogP contribution is -2.40. The van der Waals surface area contributed by atoms with Gasteiger partial charge in [-0.1, -0.05) is 49.7 Å². The molecule has 0 aliphatic rings. The van der Waals surface area contributed by atoms with Crippen LogP contribution in [0.5, 0.6) is 5.75 Å². The normalized spacial score (nSPS) is 11.8. The Morgan fingerprint density at radius 1 is 1.09 bits per heavy atom. The van der Waals surface area contributed by atoms with E-state index >= 15 is 0 Å². The summed E-state index contributed by atoms with van der Waals surface area (Å²) in [6, 6.07) is 15.7. The Kier molecular flexibility index (Phi) is 6.18. The summed E-state index contributed by atoms with van der Waals surface area (Å²) in [7, 11) is 1.66. The summed E-state index contributed by atoms with van der Waals surface area (Å²) >= 11 is 0. The molecular weight excluding hydrogens is 288 g/mol. The van der Waals surface area contributed by atoms with Gasteiger partial charge in [-0.15, -0.1) is 0 Å². The fraction of sp³-hybridized carbons (Fsp3) is 0.316. The van der Waals surface area contributed by atoms with Crippen LogP contribution in [-0.2, 0) is 11.3 Å². The molecule has 0 fully saturated rings. The van der Waals surface area contributed by atoms with Gasteiger partial charge < -0.3 is 15.8 Å². The number of carbonyl (C=O) groups excluding carboxylic acids is 1. The van der Waals surface area contributed by atoms with Gasteiger partial charge in [0.05, 0.1) is 13.2 Å². The molecular formula is C19H24N2O2. The third-order valence-corrected chi connectivity index (χ3v) is 3.78. The lowest BCUT2D eigenvalue weighted by molar-refractivity contribution is -0.122. The zero-order chi connectivity index (χ0) is 16.7. The molecule has 0 saturated heterocycles. The molecule has 2 rings (SSSR count). The van der Waals surface area contributed by atoms with E-state index in [2.05, 4.69) is 17.4 Å². The van der Waals surface area contributed by atoms with E-state index in [0.717, 1.165) is 28.9 Å². The van der Waals surface area contributed by atoms with Crippen LogP contribution in [0.1, 0.15) is 25.3 Å². The van der Waals surface area contributed by atoms with Gasteiger partial charge in [0.15, 0.2) is 0 Å². The van der Waals surface area contributed by atoms with Crippen LogP contribution >= 0.6 is 0 Å². The maximum absolute atomic E-state index is 11.8. The fourth-order valence-corrected chi connectivity index (χ4v) is 2.36. The van der Waals surface area contributed by atoms with Crippen LogP contribution in [0.2, 0.25) is 0 Å². The van der Waals surface area contributed by atoms with Crippen molar-refractivity contribution >= 4 is 5.91 Å². The topological polar surface area (TPSA) is 64.4 Å². The lowest BCUT2D eigenvalue weighted by Gasteiger charge is -2.11. The number of carbonyl (C=O) groups is 1. The van der Waals surface area contributed by atoms with Gasteiger partial charge in [-0.3, -0.25) is 4.79 Å². The second-order valence-electron chi connectivity index (χ2n) is 5.54. The fourth-order valence-electron chi connectivity index (χ4n) is 2.36. The maximum Gasteiger partial charge on any atom is 0.237 e. The number of hydrogen-bond acceptors (Lipinski definition) is 3. The van der Waals surface area contributed by atoms with Crippen molar-refractivity contribution in [2.45, 2.75) is 32.4 Å². The molecule has 0 aromatic heterocycles. The number of methoxy groups -OCH3 is 1. The molecule has 0 heterocycles. The molecule has 4 nitrogen and oxygen atoms in total. The molecule has 0 aliphatic heterocycles. The van der Waals surface area contributed by atoms with Crippen LogP contribution < -0.4 is 15.8 Å². The summed E-state index contributed by atoms with van der Waals surface area (Å²) in [5.74, 6) is 0.752. The minimum absolute atomic E-state index is 0.0916. The molecule has 0 aliphatic carbocycles. The van der Waals surface area contributed by atoms with Crippen molar-refractivity contribution in [3.05, 3.63) is 54.1 Å². The van der Waals surface area contributed by atoms with Gasteiger partial charge in [-0.2, -0.15) is 0 Å². The molecule has 0 spiro atoms. The molecule has 2 aromatic rings. The Balaban J connectivity index is 1.95. The number of nitrogens with one attached hydrogen (secondary N) is 1. The highest BCUT2D eigenvalue weighted by atomic mass is 16.5. The predicted octanol–water partition coefficient (Wildman–Crippen LogP) is 3.11. The Morgan fingerprint density at radius 2 is 1.65 bits per heavy atom. The molecule has 4 heteroatoms. The highest BCUT2D eigenvalue weighted by Gasteiger charge is 2.11. The third-order valence-electron chi connectivity index (χ3n) is 3.78. The van der Waals surface area contributed by atoms with E-state index in [-0.39, 0.29) is 5.91 Å². The van der Waals surface area contributed by atoms with Gasteiger partial charge in [0.1, 0.15) is 5.75 Å². The molecule has 0 saturated carbocycles. The summed E-state index contributed by atoms with van der Waals surface area (Å²) in [6.45, 7) is 2.52. The van der Waals surface area contributed by atoms with Crippen LogP contribution in [-0.4, -0.2) is 19.1 Å². The van der Waals surface area contributed by atoms with Crippen molar-refractivity contribution in [2.75, 3.05) is 7.11 Å². The van der Waals surface area contributed by atoms with E-state index in [9.17, 15) is 4.79 Å². The van der Waals surface area contributed by atoms with Gasteiger partial charge in [0, 0.05) is 6.54 Å². The first-order valence-electron chi connectivity index (χ1n) is 7.90. The highest BCUT2D eigenvalue weighted by Crippen LogP contribution is 2.22. The first-order valence-corrected chi connectivity index (χ1v) is 7.90. The van der Waals surface area contributed by atoms with E-state index in [4.69, 9.17) is 10.5 Å². The molecule has 122 valence electrons. The Labute approximate surface area is 137 Å². The maximum atomic E-state index is 11.8. The number of benzene rings is 2. The van der Waals surface area contributed by atoms with E-state index in [1.165, 1.54) is 0 Å². The van der Waals surface area contributed by atoms with Crippen LogP contribution in [0, 0.1) is 0 Å². The summed E-state index contributed by atoms with van der Waals surface area (Å²) in [5.41, 5.74) is 9.11. The molecule has 1 unspecified atom stereocenters. The molecule has 1 amide bonds. The van der Waals surface area contributed by atoms with Crippen LogP contribution in [0.4, 0.5) is 0 Å². The van der Waals surface area contributed by atoms with Gasteiger partial charge in [-0.05, 0) is 35.2 Å². The van der Waals surface area contributed by atoms with Crippen molar-refractivity contribution in [1.29, 1.82) is 0 Å². The molecule has 23 heavy (non-hydrogen) atoms. The number of amides is 1. The quantitative estimate of drug-likeness (QED) is 0.825. The first kappa shape index (κ1) is 17.0. The first-order chi connectivity index (χ1) is 11.1. The van der Waals surface area contributed by atoms with Crippen molar-refractivity contribution in [1.82, 2.24) is 5.32 Å². The number of ether oxygens (including phenoxy) is 1. The van der Waals surface area contributed by atoms with Crippen molar-refractivity contribution in [3.63, 3.8) is 0 Å². The van der Waals surface area contributed by atoms with Gasteiger partial charge >= 0.3 is 0 Å². The second-order valence-corrected chi connectivity index (χ2v) is 5.54. The summed E-state index contributed by atoms with van der Waals surface area (Å²) in [6.07, 6.45) is 1.62. The number of hydrogen-bond donors (Lipinski definition) is 2. The van der Waals surface area contributed by atoms with Gasteiger partial charge in [-0.25, -0.2) is 0 Å². The van der Waals surface area contributed by atoms with Crippen molar-refractivity contribution in [3.8, 4) is 16.9 Å². The zero-order valence-electron chi connectivity index (χ0n) is 13.7. The van der Waals surface area contributed by atoms with E-state index in [1.54, 1.807) is 7.11 Å². The monoisotopic (exact) mass is 312 g/mol. The predicted molar refractivity (Wildman–Crippen MR) is 93.2 cm³/mol. The second kappa shape index (κ2) is 8.34. The molecule has 2 aromatic carbocycles. The smallest absolute Gasteiger partial charge is 0.237 e. The van der Waals surface area contributed by atoms with E-state index in [1.807, 2.05) is 43.3 Å². The standard InChI is InChI=1S/C19H24N2O2/c1-3-4-18(20)19(22)21-13-14-5-7-15(8-6-14)16-9-11-17(23-2)12-10-16/h5-12,18H,3-4,13,20H2,1-2H3,(H,21,22). The summed E-state index contributed by atoms with van der Waals surface area (Å²) in [5, 5.41) is 2.88. The minimum Gasteiger partial charge on any atom is -0.497 e. The van der Waals surface area contributed by atoms with Crippen LogP contribution in [0.3, 0.4) is 0 Å².